The highest BCUT2D eigenvalue weighted by Crippen LogP contribution is 2.59. The number of hydrogen-bond donors (Lipinski definition) is 0. The Morgan fingerprint density at radius 2 is 0.950 bits per heavy atom. The SMILES string of the molecule is CN(C)c1c2cccc3c2c2c4c(ccc5cccc(c6cccc1c62)c54)C3(c1ccccc1)c1ccccc1. The van der Waals surface area contributed by atoms with Gasteiger partial charge in [0.2, 0.25) is 0 Å². The van der Waals surface area contributed by atoms with Gasteiger partial charge in [0.15, 0.2) is 0 Å². The van der Waals surface area contributed by atoms with Gasteiger partial charge in [-0.15, -0.1) is 0 Å². The fraction of sp³-hybridized carbons (Fsp3) is 0.0769. The number of fused-ring (bicyclic) bond motifs is 1. The van der Waals surface area contributed by atoms with Crippen LogP contribution in [0.15, 0.2) is 127 Å². The van der Waals surface area contributed by atoms with Gasteiger partial charge < -0.3 is 4.90 Å². The topological polar surface area (TPSA) is 3.24 Å². The summed E-state index contributed by atoms with van der Waals surface area (Å²) in [6.07, 6.45) is 0. The molecule has 0 atom stereocenters. The molecule has 0 N–H and O–H groups in total. The standard InChI is InChI=1S/C39H27N/c1-40(2)38-29-19-10-18-28-27-17-9-12-24-22-23-32-36(33(24)27)37(34(28)29)35-30(38)20-11-21-31(35)39(32,25-13-5-3-6-14-25)26-15-7-4-8-16-26/h3-23H,1-2H3. The minimum Gasteiger partial charge on any atom is -0.377 e. The van der Waals surface area contributed by atoms with Crippen LogP contribution in [0.2, 0.25) is 0 Å². The predicted octanol–water partition coefficient (Wildman–Crippen LogP) is 9.65. The maximum Gasteiger partial charge on any atom is 0.0714 e. The van der Waals surface area contributed by atoms with E-state index in [0.29, 0.717) is 0 Å². The Labute approximate surface area is 233 Å². The average molecular weight is 510 g/mol. The molecule has 1 nitrogen and oxygen atoms in total. The molecule has 0 amide bonds. The summed E-state index contributed by atoms with van der Waals surface area (Å²) >= 11 is 0. The van der Waals surface area contributed by atoms with Crippen LogP contribution in [0.4, 0.5) is 5.69 Å². The van der Waals surface area contributed by atoms with Gasteiger partial charge in [-0.1, -0.05) is 127 Å². The third-order valence-corrected chi connectivity index (χ3v) is 9.39. The lowest BCUT2D eigenvalue weighted by atomic mass is 9.60. The van der Waals surface area contributed by atoms with E-state index in [1.165, 1.54) is 81.8 Å². The fourth-order valence-corrected chi connectivity index (χ4v) is 8.06. The van der Waals surface area contributed by atoms with E-state index in [4.69, 9.17) is 0 Å². The first-order valence-electron chi connectivity index (χ1n) is 14.1. The molecule has 0 fully saturated rings. The quantitative estimate of drug-likeness (QED) is 0.169. The van der Waals surface area contributed by atoms with Gasteiger partial charge in [-0.2, -0.15) is 0 Å². The van der Waals surface area contributed by atoms with Crippen LogP contribution in [0.1, 0.15) is 22.3 Å². The van der Waals surface area contributed by atoms with Crippen molar-refractivity contribution in [1.29, 1.82) is 0 Å². The van der Waals surface area contributed by atoms with Crippen LogP contribution < -0.4 is 4.90 Å². The summed E-state index contributed by atoms with van der Waals surface area (Å²) in [5, 5.41) is 13.6. The number of benzene rings is 8. The van der Waals surface area contributed by atoms with E-state index in [-0.39, 0.29) is 0 Å². The van der Waals surface area contributed by atoms with Crippen LogP contribution in [-0.4, -0.2) is 14.1 Å². The first kappa shape index (κ1) is 22.0. The second-order valence-electron chi connectivity index (χ2n) is 11.4. The molecule has 0 unspecified atom stereocenters. The maximum atomic E-state index is 2.42. The van der Waals surface area contributed by atoms with E-state index in [9.17, 15) is 0 Å². The van der Waals surface area contributed by atoms with Crippen molar-refractivity contribution in [3.63, 3.8) is 0 Å². The van der Waals surface area contributed by atoms with Gasteiger partial charge in [0.25, 0.3) is 0 Å². The predicted molar refractivity (Wildman–Crippen MR) is 171 cm³/mol. The lowest BCUT2D eigenvalue weighted by Crippen LogP contribution is -2.33. The summed E-state index contributed by atoms with van der Waals surface area (Å²) in [5.41, 5.74) is 6.19. The number of nitrogens with zero attached hydrogens (tertiary/aromatic N) is 1. The van der Waals surface area contributed by atoms with Crippen molar-refractivity contribution in [3.8, 4) is 0 Å². The molecule has 40 heavy (non-hydrogen) atoms. The average Bonchev–Trinajstić information content (AvgIpc) is 3.01. The number of rotatable bonds is 3. The Kier molecular flexibility index (Phi) is 4.18. The van der Waals surface area contributed by atoms with Crippen molar-refractivity contribution in [1.82, 2.24) is 0 Å². The molecule has 1 aliphatic rings. The van der Waals surface area contributed by atoms with E-state index in [2.05, 4.69) is 146 Å². The lowest BCUT2D eigenvalue weighted by molar-refractivity contribution is 0.759. The van der Waals surface area contributed by atoms with Crippen molar-refractivity contribution in [2.24, 2.45) is 0 Å². The molecule has 0 radical (unpaired) electrons. The zero-order valence-electron chi connectivity index (χ0n) is 22.6. The third-order valence-electron chi connectivity index (χ3n) is 9.39. The summed E-state index contributed by atoms with van der Waals surface area (Å²) in [5.74, 6) is 0. The molecule has 188 valence electrons. The molecule has 9 rings (SSSR count). The normalized spacial score (nSPS) is 13.9. The monoisotopic (exact) mass is 509 g/mol. The zero-order chi connectivity index (χ0) is 26.6. The highest BCUT2D eigenvalue weighted by molar-refractivity contribution is 6.42. The minimum absolute atomic E-state index is 0.449. The molecule has 0 heterocycles. The summed E-state index contributed by atoms with van der Waals surface area (Å²) in [4.78, 5) is 2.31. The third kappa shape index (κ3) is 2.45. The number of anilines is 1. The van der Waals surface area contributed by atoms with Crippen molar-refractivity contribution < 1.29 is 0 Å². The molecule has 0 saturated heterocycles. The molecule has 0 aliphatic heterocycles. The van der Waals surface area contributed by atoms with E-state index < -0.39 is 5.41 Å². The fourth-order valence-electron chi connectivity index (χ4n) is 8.06. The Morgan fingerprint density at radius 1 is 0.400 bits per heavy atom. The Hall–Kier alpha value is -4.88. The molecule has 0 spiro atoms. The van der Waals surface area contributed by atoms with Gasteiger partial charge in [-0.05, 0) is 60.0 Å². The Balaban J connectivity index is 1.70. The van der Waals surface area contributed by atoms with Gasteiger partial charge in [-0.25, -0.2) is 0 Å². The second-order valence-corrected chi connectivity index (χ2v) is 11.4. The molecule has 1 heteroatoms. The van der Waals surface area contributed by atoms with Crippen molar-refractivity contribution in [3.05, 3.63) is 150 Å². The molecule has 8 aromatic rings. The lowest BCUT2D eigenvalue weighted by Gasteiger charge is -2.42. The van der Waals surface area contributed by atoms with Crippen LogP contribution in [0.5, 0.6) is 0 Å². The molecule has 8 aromatic carbocycles. The Morgan fingerprint density at radius 3 is 1.62 bits per heavy atom. The summed E-state index contributed by atoms with van der Waals surface area (Å²) in [7, 11) is 4.37. The van der Waals surface area contributed by atoms with Crippen LogP contribution in [-0.2, 0) is 5.41 Å². The van der Waals surface area contributed by atoms with Crippen molar-refractivity contribution in [2.75, 3.05) is 19.0 Å². The molecule has 1 aliphatic carbocycles. The van der Waals surface area contributed by atoms with Gasteiger partial charge >= 0.3 is 0 Å². The molecule has 0 saturated carbocycles. The van der Waals surface area contributed by atoms with Crippen molar-refractivity contribution >= 4 is 59.5 Å². The van der Waals surface area contributed by atoms with Crippen LogP contribution in [0.25, 0.3) is 53.9 Å². The van der Waals surface area contributed by atoms with Gasteiger partial charge in [-0.3, -0.25) is 0 Å². The zero-order valence-corrected chi connectivity index (χ0v) is 22.6. The summed E-state index contributed by atoms with van der Waals surface area (Å²) < 4.78 is 0. The largest absolute Gasteiger partial charge is 0.377 e. The molecule has 0 aromatic heterocycles. The van der Waals surface area contributed by atoms with E-state index in [1.54, 1.807) is 0 Å². The van der Waals surface area contributed by atoms with E-state index in [0.717, 1.165) is 0 Å². The second kappa shape index (κ2) is 7.61. The minimum atomic E-state index is -0.449. The van der Waals surface area contributed by atoms with Crippen LogP contribution in [0.3, 0.4) is 0 Å². The summed E-state index contributed by atoms with van der Waals surface area (Å²) in [6, 6.07) is 47.8. The summed E-state index contributed by atoms with van der Waals surface area (Å²) in [6.45, 7) is 0. The molecular formula is C39H27N. The highest BCUT2D eigenvalue weighted by atomic mass is 15.1. The van der Waals surface area contributed by atoms with Crippen molar-refractivity contribution in [2.45, 2.75) is 5.41 Å². The number of hydrogen-bond acceptors (Lipinski definition) is 1. The van der Waals surface area contributed by atoms with Gasteiger partial charge in [0, 0.05) is 30.3 Å². The Bertz CT molecular complexity index is 2240. The van der Waals surface area contributed by atoms with E-state index >= 15 is 0 Å². The first-order valence-corrected chi connectivity index (χ1v) is 14.1. The smallest absolute Gasteiger partial charge is 0.0714 e. The van der Waals surface area contributed by atoms with Gasteiger partial charge in [0.1, 0.15) is 0 Å². The molecular weight excluding hydrogens is 482 g/mol. The van der Waals surface area contributed by atoms with Gasteiger partial charge in [0.05, 0.1) is 11.1 Å². The van der Waals surface area contributed by atoms with Crippen LogP contribution in [0, 0.1) is 0 Å². The maximum absolute atomic E-state index is 2.42. The van der Waals surface area contributed by atoms with E-state index in [1.807, 2.05) is 0 Å². The molecule has 0 bridgehead atoms. The first-order chi connectivity index (χ1) is 19.7. The van der Waals surface area contributed by atoms with Crippen LogP contribution >= 0.6 is 0 Å². The highest BCUT2D eigenvalue weighted by Gasteiger charge is 2.44.